The minimum atomic E-state index is -0.487. The van der Waals surface area contributed by atoms with E-state index in [9.17, 15) is 4.79 Å². The molecule has 1 fully saturated rings. The fourth-order valence-corrected chi connectivity index (χ4v) is 6.04. The van der Waals surface area contributed by atoms with E-state index in [4.69, 9.17) is 30.6 Å². The molecule has 0 bridgehead atoms. The van der Waals surface area contributed by atoms with E-state index in [1.54, 1.807) is 14.2 Å². The van der Waals surface area contributed by atoms with Gasteiger partial charge in [-0.3, -0.25) is 14.5 Å². The van der Waals surface area contributed by atoms with Gasteiger partial charge >= 0.3 is 5.69 Å². The van der Waals surface area contributed by atoms with Gasteiger partial charge in [-0.1, -0.05) is 24.3 Å². The maximum atomic E-state index is 12.9. The first-order valence-corrected chi connectivity index (χ1v) is 13.9. The summed E-state index contributed by atoms with van der Waals surface area (Å²) in [7, 11) is 3.21. The number of hydrogen-bond acceptors (Lipinski definition) is 9. The van der Waals surface area contributed by atoms with Crippen LogP contribution in [0.4, 0.5) is 5.69 Å². The van der Waals surface area contributed by atoms with Crippen molar-refractivity contribution in [3.63, 3.8) is 0 Å². The number of benzene rings is 3. The highest BCUT2D eigenvalue weighted by Crippen LogP contribution is 2.41. The zero-order valence-electron chi connectivity index (χ0n) is 23.7. The van der Waals surface area contributed by atoms with Crippen molar-refractivity contribution < 1.29 is 20.4 Å². The van der Waals surface area contributed by atoms with Crippen LogP contribution in [0.5, 0.6) is 23.0 Å². The van der Waals surface area contributed by atoms with Crippen LogP contribution in [0.15, 0.2) is 70.6 Å². The van der Waals surface area contributed by atoms with Gasteiger partial charge in [-0.25, -0.2) is 10.6 Å². The number of ether oxygens (including phenoxy) is 4. The van der Waals surface area contributed by atoms with Gasteiger partial charge in [-0.2, -0.15) is 5.10 Å². The molecule has 1 unspecified atom stereocenters. The minimum absolute atomic E-state index is 0. The van der Waals surface area contributed by atoms with Gasteiger partial charge < -0.3 is 29.8 Å². The Bertz CT molecular complexity index is 1660. The summed E-state index contributed by atoms with van der Waals surface area (Å²) in [5, 5.41) is 5.70. The first-order valence-electron chi connectivity index (χ1n) is 13.9. The van der Waals surface area contributed by atoms with E-state index in [1.165, 1.54) is 5.01 Å². The summed E-state index contributed by atoms with van der Waals surface area (Å²) in [6.45, 7) is 2.24. The van der Waals surface area contributed by atoms with Crippen molar-refractivity contribution in [3.8, 4) is 23.0 Å². The Balaban J connectivity index is 0.00000368. The molecule has 3 aromatic carbocycles. The van der Waals surface area contributed by atoms with Crippen LogP contribution in [-0.4, -0.2) is 60.8 Å². The van der Waals surface area contributed by atoms with Gasteiger partial charge in [-0.05, 0) is 43.2 Å². The van der Waals surface area contributed by atoms with E-state index in [1.807, 2.05) is 65.2 Å². The molecule has 1 aromatic heterocycles. The monoisotopic (exact) mass is 575 g/mol. The molecule has 222 valence electrons. The number of likely N-dealkylation sites (tertiary alicyclic amines) is 1. The summed E-state index contributed by atoms with van der Waals surface area (Å²) in [6.07, 6.45) is 1.47. The predicted octanol–water partition coefficient (Wildman–Crippen LogP) is 3.39. The fraction of sp³-hybridized carbons (Fsp3) is 0.333. The highest BCUT2D eigenvalue weighted by Gasteiger charge is 2.36. The third kappa shape index (κ3) is 4.88. The molecule has 3 heterocycles. The smallest absolute Gasteiger partial charge is 0.326 e. The Kier molecular flexibility index (Phi) is 7.64. The summed E-state index contributed by atoms with van der Waals surface area (Å²) >= 11 is 0. The van der Waals surface area contributed by atoms with Crippen LogP contribution in [-0.2, 0) is 0 Å². The number of nitrogens with zero attached hydrogens (tertiary/aromatic N) is 4. The second-order valence-electron chi connectivity index (χ2n) is 10.3. The molecule has 1 saturated heterocycles. The summed E-state index contributed by atoms with van der Waals surface area (Å²) in [5.74, 6) is 15.7. The number of anilines is 1. The van der Waals surface area contributed by atoms with Gasteiger partial charge in [0.1, 0.15) is 19.3 Å². The lowest BCUT2D eigenvalue weighted by molar-refractivity contribution is 0.162. The summed E-state index contributed by atoms with van der Waals surface area (Å²) in [6, 6.07) is 18.5. The molecule has 1 atom stereocenters. The lowest BCUT2D eigenvalue weighted by Crippen LogP contribution is -2.49. The van der Waals surface area contributed by atoms with Gasteiger partial charge in [0.25, 0.3) is 0 Å². The average Bonchev–Trinajstić information content (AvgIpc) is 3.38. The zero-order valence-corrected chi connectivity index (χ0v) is 23.7. The largest absolute Gasteiger partial charge is 0.493 e. The molecule has 0 amide bonds. The van der Waals surface area contributed by atoms with E-state index in [2.05, 4.69) is 15.0 Å². The minimum Gasteiger partial charge on any atom is -0.493 e. The lowest BCUT2D eigenvalue weighted by atomic mass is 9.96. The van der Waals surface area contributed by atoms with Crippen LogP contribution >= 0.6 is 0 Å². The van der Waals surface area contributed by atoms with E-state index in [0.29, 0.717) is 60.8 Å². The number of aromatic nitrogens is 2. The average molecular weight is 576 g/mol. The third-order valence-corrected chi connectivity index (χ3v) is 8.01. The summed E-state index contributed by atoms with van der Waals surface area (Å²) < 4.78 is 24.8. The number of para-hydroxylation sites is 3. The van der Waals surface area contributed by atoms with E-state index in [-0.39, 0.29) is 13.2 Å². The number of aromatic amines is 1. The van der Waals surface area contributed by atoms with Crippen LogP contribution in [0.1, 0.15) is 31.9 Å². The number of rotatable bonds is 7. The molecule has 4 aromatic rings. The number of H-pyrrole nitrogens is 1. The molecule has 2 aliphatic rings. The normalized spacial score (nSPS) is 16.8. The Morgan fingerprint density at radius 2 is 1.81 bits per heavy atom. The van der Waals surface area contributed by atoms with Crippen LogP contribution in [0.2, 0.25) is 0 Å². The third-order valence-electron chi connectivity index (χ3n) is 8.01. The Labute approximate surface area is 244 Å². The number of methoxy groups -OCH3 is 2. The van der Waals surface area contributed by atoms with E-state index < -0.39 is 6.04 Å². The SMILES string of the molecule is COc1cccc(C(/C(=N/N)N(N)c2ccc3c(c2)OCCO3)N2CCC(n3c(=O)[nH]c4ccccc43)CC2)c1OC.[HH]. The number of fused-ring (bicyclic) bond motifs is 2. The van der Waals surface area contributed by atoms with Crippen molar-refractivity contribution in [2.24, 2.45) is 16.8 Å². The molecule has 42 heavy (non-hydrogen) atoms. The van der Waals surface area contributed by atoms with Gasteiger partial charge in [-0.15, -0.1) is 0 Å². The molecule has 2 aliphatic heterocycles. The maximum absolute atomic E-state index is 12.9. The summed E-state index contributed by atoms with van der Waals surface area (Å²) in [5.41, 5.74) is 3.08. The van der Waals surface area contributed by atoms with Crippen molar-refractivity contribution in [3.05, 3.63) is 76.7 Å². The Hall–Kier alpha value is -4.68. The van der Waals surface area contributed by atoms with Crippen LogP contribution in [0, 0.1) is 0 Å². The Morgan fingerprint density at radius 1 is 1.05 bits per heavy atom. The predicted molar refractivity (Wildman–Crippen MR) is 163 cm³/mol. The standard InChI is InChI=1S/C30H35N7O5.H2/c1-39-25-9-5-6-21(28(25)40-2)27(29(34-31)37(32)20-10-11-24-26(18-20)42-17-16-41-24)35-14-12-19(13-15-35)36-23-8-4-3-7-22(23)33-30(36)38;/h3-11,18-19,27H,12-17,31-32H2,1-2H3,(H,33,38);1H/b34-29-;. The topological polar surface area (TPSA) is 146 Å². The number of hydrazine groups is 1. The van der Waals surface area contributed by atoms with Crippen molar-refractivity contribution in [1.29, 1.82) is 0 Å². The van der Waals surface area contributed by atoms with Gasteiger partial charge in [0.15, 0.2) is 28.8 Å². The van der Waals surface area contributed by atoms with Crippen LogP contribution < -0.4 is 41.3 Å². The number of hydrazone groups is 1. The van der Waals surface area contributed by atoms with Crippen LogP contribution in [0.3, 0.4) is 0 Å². The highest BCUT2D eigenvalue weighted by molar-refractivity contribution is 6.01. The molecule has 5 N–H and O–H groups in total. The molecule has 12 heteroatoms. The number of nitrogens with two attached hydrogens (primary N) is 2. The maximum Gasteiger partial charge on any atom is 0.326 e. The quantitative estimate of drug-likeness (QED) is 0.131. The van der Waals surface area contributed by atoms with Crippen LogP contribution in [0.25, 0.3) is 11.0 Å². The van der Waals surface area contributed by atoms with E-state index in [0.717, 1.165) is 29.4 Å². The molecule has 0 saturated carbocycles. The molecular formula is C30H37N7O5. The van der Waals surface area contributed by atoms with Crippen molar-refractivity contribution >= 4 is 22.6 Å². The molecule has 0 aliphatic carbocycles. The molecular weight excluding hydrogens is 538 g/mol. The first kappa shape index (κ1) is 27.5. The first-order chi connectivity index (χ1) is 20.5. The Morgan fingerprint density at radius 3 is 2.55 bits per heavy atom. The molecule has 12 nitrogen and oxygen atoms in total. The van der Waals surface area contributed by atoms with Gasteiger partial charge in [0.2, 0.25) is 0 Å². The van der Waals surface area contributed by atoms with Crippen molar-refractivity contribution in [1.82, 2.24) is 14.5 Å². The number of nitrogens with one attached hydrogen (secondary N) is 1. The highest BCUT2D eigenvalue weighted by atomic mass is 16.6. The van der Waals surface area contributed by atoms with Gasteiger partial charge in [0, 0.05) is 32.2 Å². The van der Waals surface area contributed by atoms with Gasteiger partial charge in [0.05, 0.1) is 30.9 Å². The van der Waals surface area contributed by atoms with E-state index >= 15 is 0 Å². The zero-order chi connectivity index (χ0) is 29.2. The van der Waals surface area contributed by atoms with Crippen molar-refractivity contribution in [2.45, 2.75) is 24.9 Å². The fourth-order valence-electron chi connectivity index (χ4n) is 6.04. The second kappa shape index (κ2) is 11.7. The molecule has 6 rings (SSSR count). The molecule has 0 spiro atoms. The lowest BCUT2D eigenvalue weighted by Gasteiger charge is -2.40. The van der Waals surface area contributed by atoms with Crippen molar-refractivity contribution in [2.75, 3.05) is 45.5 Å². The summed E-state index contributed by atoms with van der Waals surface area (Å²) in [4.78, 5) is 18.2. The second-order valence-corrected chi connectivity index (χ2v) is 10.3. The number of hydrogen-bond donors (Lipinski definition) is 3. The number of imidazole rings is 1. The number of amidine groups is 1. The number of piperidine rings is 1. The molecule has 0 radical (unpaired) electrons.